The average Bonchev–Trinajstić information content (AvgIpc) is 3.09. The lowest BCUT2D eigenvalue weighted by molar-refractivity contribution is -0.267. The molecule has 21 nitrogen and oxygen atoms in total. The van der Waals surface area contributed by atoms with Gasteiger partial charge in [0.2, 0.25) is 11.8 Å². The van der Waals surface area contributed by atoms with Gasteiger partial charge in [0.15, 0.2) is 12.6 Å². The number of hydrogen-bond acceptors (Lipinski definition) is 17. The van der Waals surface area contributed by atoms with E-state index in [1.807, 2.05) is 0 Å². The fourth-order valence-electron chi connectivity index (χ4n) is 4.78. The van der Waals surface area contributed by atoms with Crippen LogP contribution in [0.1, 0.15) is 13.8 Å². The zero-order valence-electron chi connectivity index (χ0n) is 28.4. The van der Waals surface area contributed by atoms with Crippen LogP contribution in [-0.2, 0) is 38.0 Å². The van der Waals surface area contributed by atoms with Crippen LogP contribution in [0.5, 0.6) is 0 Å². The molecule has 0 aromatic carbocycles. The maximum Gasteiger partial charge on any atom is 0.407 e. The molecule has 0 unspecified atom stereocenters. The molecule has 292 valence electrons. The van der Waals surface area contributed by atoms with Crippen molar-refractivity contribution < 1.29 is 78.2 Å². The van der Waals surface area contributed by atoms with Crippen LogP contribution in [-0.4, -0.2) is 182 Å². The molecule has 2 heterocycles. The molecular formula is C30H51N5O16. The Hall–Kier alpha value is -3.48. The molecule has 0 saturated carbocycles. The smallest absolute Gasteiger partial charge is 0.407 e. The number of hydrogen-bond donors (Lipinski definition) is 11. The van der Waals surface area contributed by atoms with Gasteiger partial charge in [0.05, 0.1) is 26.4 Å². The molecule has 2 aliphatic heterocycles. The Morgan fingerprint density at radius 1 is 0.588 bits per heavy atom. The first-order valence-corrected chi connectivity index (χ1v) is 16.2. The summed E-state index contributed by atoms with van der Waals surface area (Å²) < 4.78 is 31.9. The highest BCUT2D eigenvalue weighted by molar-refractivity contribution is 5.73. The Bertz CT molecular complexity index is 1050. The number of aliphatic hydroxyl groups is 6. The molecular weight excluding hydrogens is 686 g/mol. The Balaban J connectivity index is 1.50. The monoisotopic (exact) mass is 737 g/mol. The van der Waals surface area contributed by atoms with Crippen molar-refractivity contribution in [3.8, 4) is 0 Å². The molecule has 0 bridgehead atoms. The highest BCUT2D eigenvalue weighted by Crippen LogP contribution is 2.23. The number of carbonyl (C=O) groups excluding carboxylic acids is 4. The van der Waals surface area contributed by atoms with E-state index in [1.165, 1.54) is 38.2 Å². The molecule has 2 rings (SSSR count). The summed E-state index contributed by atoms with van der Waals surface area (Å²) in [7, 11) is 0. The molecule has 0 aromatic rings. The lowest BCUT2D eigenvalue weighted by Crippen LogP contribution is -2.64. The van der Waals surface area contributed by atoms with E-state index in [1.54, 1.807) is 0 Å². The van der Waals surface area contributed by atoms with Crippen LogP contribution < -0.4 is 26.6 Å². The molecule has 2 fully saturated rings. The van der Waals surface area contributed by atoms with Crippen molar-refractivity contribution in [3.05, 3.63) is 24.3 Å². The summed E-state index contributed by atoms with van der Waals surface area (Å²) in [6.45, 7) is 2.32. The van der Waals surface area contributed by atoms with Crippen molar-refractivity contribution in [2.45, 2.75) is 75.1 Å². The van der Waals surface area contributed by atoms with Gasteiger partial charge in [-0.05, 0) is 12.2 Å². The van der Waals surface area contributed by atoms with Gasteiger partial charge in [0, 0.05) is 40.0 Å². The number of rotatable bonds is 20. The number of aliphatic hydroxyl groups excluding tert-OH is 6. The Morgan fingerprint density at radius 2 is 0.961 bits per heavy atom. The molecule has 0 aliphatic carbocycles. The quantitative estimate of drug-likeness (QED) is 0.0412. The third-order valence-electron chi connectivity index (χ3n) is 7.31. The largest absolute Gasteiger partial charge is 0.445 e. The maximum atomic E-state index is 11.8. The van der Waals surface area contributed by atoms with Gasteiger partial charge in [0.1, 0.15) is 61.9 Å². The van der Waals surface area contributed by atoms with Gasteiger partial charge < -0.3 is 85.6 Å². The first-order valence-electron chi connectivity index (χ1n) is 16.2. The van der Waals surface area contributed by atoms with Gasteiger partial charge in [-0.25, -0.2) is 9.59 Å². The lowest BCUT2D eigenvalue weighted by atomic mass is 9.97. The second-order valence-corrected chi connectivity index (χ2v) is 11.3. The third-order valence-corrected chi connectivity index (χ3v) is 7.31. The Morgan fingerprint density at radius 3 is 1.31 bits per heavy atom. The van der Waals surface area contributed by atoms with Crippen LogP contribution in [0, 0.1) is 0 Å². The maximum absolute atomic E-state index is 11.8. The number of amides is 4. The minimum absolute atomic E-state index is 0.0465. The lowest BCUT2D eigenvalue weighted by Gasteiger charge is -2.42. The van der Waals surface area contributed by atoms with Crippen LogP contribution >= 0.6 is 0 Å². The van der Waals surface area contributed by atoms with Crippen molar-refractivity contribution in [2.24, 2.45) is 0 Å². The average molecular weight is 738 g/mol. The van der Waals surface area contributed by atoms with E-state index in [0.717, 1.165) is 0 Å². The van der Waals surface area contributed by atoms with E-state index in [2.05, 4.69) is 26.6 Å². The van der Waals surface area contributed by atoms with Gasteiger partial charge in [-0.2, -0.15) is 0 Å². The summed E-state index contributed by atoms with van der Waals surface area (Å²) in [5.41, 5.74) is 0. The zero-order valence-corrected chi connectivity index (χ0v) is 28.4. The summed E-state index contributed by atoms with van der Waals surface area (Å²) >= 11 is 0. The second kappa shape index (κ2) is 23.9. The highest BCUT2D eigenvalue weighted by Gasteiger charge is 2.46. The van der Waals surface area contributed by atoms with Gasteiger partial charge in [-0.15, -0.1) is 0 Å². The summed E-state index contributed by atoms with van der Waals surface area (Å²) in [6, 6.07) is -2.13. The molecule has 0 radical (unpaired) electrons. The van der Waals surface area contributed by atoms with E-state index in [4.69, 9.17) is 28.4 Å². The normalized spacial score (nSPS) is 29.4. The van der Waals surface area contributed by atoms with E-state index in [0.29, 0.717) is 13.1 Å². The second-order valence-electron chi connectivity index (χ2n) is 11.3. The van der Waals surface area contributed by atoms with Gasteiger partial charge in [-0.1, -0.05) is 12.2 Å². The molecule has 2 aliphatic rings. The molecule has 4 amide bonds. The van der Waals surface area contributed by atoms with Crippen LogP contribution in [0.4, 0.5) is 9.59 Å². The number of alkyl carbamates (subject to hydrolysis) is 2. The topological polar surface area (TPSA) is 305 Å². The number of nitrogens with one attached hydrogen (secondary N) is 5. The molecule has 11 N–H and O–H groups in total. The molecule has 21 heteroatoms. The first kappa shape index (κ1) is 43.7. The minimum atomic E-state index is -1.43. The third kappa shape index (κ3) is 15.7. The molecule has 51 heavy (non-hydrogen) atoms. The summed E-state index contributed by atoms with van der Waals surface area (Å²) in [4.78, 5) is 46.6. The predicted octanol–water partition coefficient (Wildman–Crippen LogP) is -4.94. The summed E-state index contributed by atoms with van der Waals surface area (Å²) in [5, 5.41) is 72.2. The fourth-order valence-corrected chi connectivity index (χ4v) is 4.78. The number of ether oxygens (including phenoxy) is 6. The Kier molecular flexibility index (Phi) is 20.5. The van der Waals surface area contributed by atoms with E-state index in [9.17, 15) is 49.8 Å². The van der Waals surface area contributed by atoms with Crippen LogP contribution in [0.25, 0.3) is 0 Å². The van der Waals surface area contributed by atoms with E-state index in [-0.39, 0.29) is 39.5 Å². The highest BCUT2D eigenvalue weighted by atomic mass is 16.7. The minimum Gasteiger partial charge on any atom is -0.445 e. The fraction of sp³-hybridized carbons (Fsp3) is 0.733. The van der Waals surface area contributed by atoms with Crippen molar-refractivity contribution in [3.63, 3.8) is 0 Å². The van der Waals surface area contributed by atoms with E-state index < -0.39 is 98.5 Å². The molecule has 10 atom stereocenters. The van der Waals surface area contributed by atoms with Crippen molar-refractivity contribution in [1.82, 2.24) is 26.6 Å². The van der Waals surface area contributed by atoms with Crippen LogP contribution in [0.3, 0.4) is 0 Å². The van der Waals surface area contributed by atoms with Crippen LogP contribution in [0.2, 0.25) is 0 Å². The zero-order chi connectivity index (χ0) is 37.8. The van der Waals surface area contributed by atoms with Gasteiger partial charge >= 0.3 is 12.2 Å². The summed E-state index contributed by atoms with van der Waals surface area (Å²) in [5.74, 6) is -0.950. The van der Waals surface area contributed by atoms with Crippen molar-refractivity contribution >= 4 is 24.0 Å². The van der Waals surface area contributed by atoms with Crippen molar-refractivity contribution in [2.75, 3.05) is 65.8 Å². The standard InChI is InChI=1S/C30H51N5O16/c1-17(38)34-21-25(42)23(40)19(15-36)50-27(21)46-11-3-5-13-48-29(44)32-9-7-31-8-10-33-30(45)49-14-6-4-12-47-28-22(35-18(2)39)26(43)24(41)20(16-37)51-28/h3-6,19-28,31,36-37,40-43H,7-16H2,1-2H3,(H,32,44)(H,33,45)(H,34,38)(H,35,39)/b5-3-,6-4-/t19-,20-,21-,22-,23-,24-,25-,26-,27-,28-/m1/s1. The van der Waals surface area contributed by atoms with Gasteiger partial charge in [0.25, 0.3) is 0 Å². The number of carbonyl (C=O) groups is 4. The van der Waals surface area contributed by atoms with Gasteiger partial charge in [-0.3, -0.25) is 9.59 Å². The molecule has 0 spiro atoms. The SMILES string of the molecule is CC(=O)N[C@H]1[C@H](OC/C=C\COC(=O)NCCNCCNC(=O)OC/C=C\CO[C@@H]2O[C@H](CO)[C@@H](O)[C@H](O)[C@H]2NC(C)=O)O[C@H](CO)[C@@H](O)[C@@H]1O. The molecule has 0 aromatic heterocycles. The molecule has 2 saturated heterocycles. The van der Waals surface area contributed by atoms with Crippen molar-refractivity contribution in [1.29, 1.82) is 0 Å². The predicted molar refractivity (Wildman–Crippen MR) is 172 cm³/mol. The summed E-state index contributed by atoms with van der Waals surface area (Å²) in [6.07, 6.45) is -5.49. The van der Waals surface area contributed by atoms with Crippen LogP contribution in [0.15, 0.2) is 24.3 Å². The van der Waals surface area contributed by atoms with E-state index >= 15 is 0 Å². The Labute approximate surface area is 294 Å². The first-order chi connectivity index (χ1) is 24.4.